The molecule has 0 rings (SSSR count). The maximum Gasteiger partial charge on any atom is 0.524 e. The summed E-state index contributed by atoms with van der Waals surface area (Å²) >= 11 is 4.17. The van der Waals surface area contributed by atoms with Gasteiger partial charge < -0.3 is 0 Å². The standard InChI is InChI=1S/C3HClF6O/c4-1(2(5,6)7)11-3(8,9)10/h1H. The monoisotopic (exact) mass is 202 g/mol. The van der Waals surface area contributed by atoms with E-state index in [1.807, 2.05) is 0 Å². The molecule has 0 aliphatic rings. The van der Waals surface area contributed by atoms with E-state index in [-0.39, 0.29) is 0 Å². The van der Waals surface area contributed by atoms with Crippen LogP contribution in [0, 0.1) is 0 Å². The van der Waals surface area contributed by atoms with Gasteiger partial charge in [-0.1, -0.05) is 11.6 Å². The summed E-state index contributed by atoms with van der Waals surface area (Å²) in [5.74, 6) is 0. The van der Waals surface area contributed by atoms with Crippen LogP contribution in [0.2, 0.25) is 0 Å². The Morgan fingerprint density at radius 3 is 1.45 bits per heavy atom. The predicted molar refractivity (Wildman–Crippen MR) is 22.8 cm³/mol. The lowest BCUT2D eigenvalue weighted by Gasteiger charge is -2.15. The number of halogens is 7. The van der Waals surface area contributed by atoms with Gasteiger partial charge in [0.15, 0.2) is 0 Å². The highest BCUT2D eigenvalue weighted by Gasteiger charge is 2.46. The van der Waals surface area contributed by atoms with Gasteiger partial charge >= 0.3 is 12.5 Å². The van der Waals surface area contributed by atoms with E-state index in [1.165, 1.54) is 0 Å². The van der Waals surface area contributed by atoms with Gasteiger partial charge in [-0.25, -0.2) is 0 Å². The summed E-state index contributed by atoms with van der Waals surface area (Å²) < 4.78 is 69.2. The second-order valence-corrected chi connectivity index (χ2v) is 1.82. The highest BCUT2D eigenvalue weighted by molar-refractivity contribution is 6.20. The summed E-state index contributed by atoms with van der Waals surface area (Å²) in [4.78, 5) is 0. The molecule has 68 valence electrons. The molecule has 0 saturated heterocycles. The summed E-state index contributed by atoms with van der Waals surface area (Å²) in [7, 11) is 0. The molecule has 1 atom stereocenters. The van der Waals surface area contributed by atoms with Crippen molar-refractivity contribution in [3.8, 4) is 0 Å². The fourth-order valence-corrected chi connectivity index (χ4v) is 0.285. The molecule has 0 aliphatic heterocycles. The SMILES string of the molecule is FC(F)(F)OC(Cl)C(F)(F)F. The van der Waals surface area contributed by atoms with Gasteiger partial charge in [-0.05, 0) is 0 Å². The Morgan fingerprint density at radius 2 is 1.36 bits per heavy atom. The maximum absolute atomic E-state index is 11.2. The molecule has 11 heavy (non-hydrogen) atoms. The van der Waals surface area contributed by atoms with Gasteiger partial charge in [0.25, 0.3) is 0 Å². The average Bonchev–Trinajstić information content (AvgIpc) is 1.56. The zero-order chi connectivity index (χ0) is 9.28. The molecule has 0 aromatic carbocycles. The van der Waals surface area contributed by atoms with Gasteiger partial charge in [0.1, 0.15) is 0 Å². The topological polar surface area (TPSA) is 9.23 Å². The van der Waals surface area contributed by atoms with Crippen LogP contribution in [-0.2, 0) is 4.74 Å². The summed E-state index contributed by atoms with van der Waals surface area (Å²) in [6, 6.07) is 0. The van der Waals surface area contributed by atoms with E-state index < -0.39 is 18.1 Å². The summed E-state index contributed by atoms with van der Waals surface area (Å²) in [5.41, 5.74) is -3.34. The number of hydrogen-bond donors (Lipinski definition) is 0. The van der Waals surface area contributed by atoms with Crippen molar-refractivity contribution in [2.45, 2.75) is 18.1 Å². The Hall–Kier alpha value is -0.170. The Balaban J connectivity index is 3.99. The first-order chi connectivity index (χ1) is 4.63. The molecule has 1 unspecified atom stereocenters. The van der Waals surface area contributed by atoms with Crippen molar-refractivity contribution in [1.82, 2.24) is 0 Å². The highest BCUT2D eigenvalue weighted by atomic mass is 35.5. The highest BCUT2D eigenvalue weighted by Crippen LogP contribution is 2.31. The molecule has 0 bridgehead atoms. The minimum absolute atomic E-state index is 2.44. The Labute approximate surface area is 61.9 Å². The molecule has 0 N–H and O–H groups in total. The molecule has 0 radical (unpaired) electrons. The molecule has 0 saturated carbocycles. The van der Waals surface area contributed by atoms with E-state index >= 15 is 0 Å². The minimum Gasteiger partial charge on any atom is -0.263 e. The van der Waals surface area contributed by atoms with Crippen molar-refractivity contribution in [3.05, 3.63) is 0 Å². The normalized spacial score (nSPS) is 16.6. The van der Waals surface area contributed by atoms with Crippen LogP contribution in [0.4, 0.5) is 26.3 Å². The molecular weight excluding hydrogens is 201 g/mol. The lowest BCUT2D eigenvalue weighted by molar-refractivity contribution is -0.363. The van der Waals surface area contributed by atoms with Crippen molar-refractivity contribution in [2.24, 2.45) is 0 Å². The number of rotatable bonds is 1. The second kappa shape index (κ2) is 3.06. The van der Waals surface area contributed by atoms with Gasteiger partial charge in [0.2, 0.25) is 5.56 Å². The van der Waals surface area contributed by atoms with E-state index in [0.29, 0.717) is 0 Å². The van der Waals surface area contributed by atoms with Crippen molar-refractivity contribution < 1.29 is 31.1 Å². The van der Waals surface area contributed by atoms with Crippen molar-refractivity contribution in [3.63, 3.8) is 0 Å². The van der Waals surface area contributed by atoms with E-state index in [2.05, 4.69) is 16.3 Å². The molecule has 0 heterocycles. The smallest absolute Gasteiger partial charge is 0.263 e. The van der Waals surface area contributed by atoms with Gasteiger partial charge in [0.05, 0.1) is 0 Å². The van der Waals surface area contributed by atoms with Gasteiger partial charge in [-0.15, -0.1) is 13.2 Å². The second-order valence-electron chi connectivity index (χ2n) is 1.42. The average molecular weight is 202 g/mol. The Morgan fingerprint density at radius 1 is 1.00 bits per heavy atom. The number of ether oxygens (including phenoxy) is 1. The maximum atomic E-state index is 11.2. The number of alkyl halides is 7. The first kappa shape index (κ1) is 10.8. The zero-order valence-corrected chi connectivity index (χ0v) is 5.39. The largest absolute Gasteiger partial charge is 0.524 e. The third-order valence-electron chi connectivity index (χ3n) is 0.494. The summed E-state index contributed by atoms with van der Waals surface area (Å²) in [5, 5.41) is 0. The summed E-state index contributed by atoms with van der Waals surface area (Å²) in [6.07, 6.45) is -10.6. The molecule has 0 aliphatic carbocycles. The molecule has 0 amide bonds. The van der Waals surface area contributed by atoms with E-state index in [4.69, 9.17) is 0 Å². The first-order valence-corrected chi connectivity index (χ1v) is 2.52. The molecule has 0 spiro atoms. The van der Waals surface area contributed by atoms with Crippen LogP contribution >= 0.6 is 11.6 Å². The van der Waals surface area contributed by atoms with Crippen LogP contribution in [0.3, 0.4) is 0 Å². The fourth-order valence-electron chi connectivity index (χ4n) is 0.184. The van der Waals surface area contributed by atoms with Crippen molar-refractivity contribution >= 4 is 11.6 Å². The summed E-state index contributed by atoms with van der Waals surface area (Å²) in [6.45, 7) is 0. The van der Waals surface area contributed by atoms with Gasteiger partial charge in [-0.3, -0.25) is 4.74 Å². The zero-order valence-electron chi connectivity index (χ0n) is 4.63. The fraction of sp³-hybridized carbons (Fsp3) is 1.00. The third kappa shape index (κ3) is 5.14. The molecule has 8 heteroatoms. The molecular formula is C3HClF6O. The first-order valence-electron chi connectivity index (χ1n) is 2.08. The van der Waals surface area contributed by atoms with E-state index in [9.17, 15) is 26.3 Å². The lowest BCUT2D eigenvalue weighted by Crippen LogP contribution is -2.31. The van der Waals surface area contributed by atoms with Crippen LogP contribution in [0.25, 0.3) is 0 Å². The molecule has 0 fully saturated rings. The molecule has 1 nitrogen and oxygen atoms in total. The van der Waals surface area contributed by atoms with Crippen LogP contribution in [0.15, 0.2) is 0 Å². The van der Waals surface area contributed by atoms with Crippen LogP contribution < -0.4 is 0 Å². The Kier molecular flexibility index (Phi) is 3.01. The molecule has 0 aromatic rings. The van der Waals surface area contributed by atoms with Crippen LogP contribution in [0.5, 0.6) is 0 Å². The quantitative estimate of drug-likeness (QED) is 0.469. The van der Waals surface area contributed by atoms with Crippen LogP contribution in [-0.4, -0.2) is 18.1 Å². The Bertz CT molecular complexity index is 127. The van der Waals surface area contributed by atoms with Crippen molar-refractivity contribution in [1.29, 1.82) is 0 Å². The van der Waals surface area contributed by atoms with Crippen molar-refractivity contribution in [2.75, 3.05) is 0 Å². The van der Waals surface area contributed by atoms with E-state index in [1.54, 1.807) is 0 Å². The minimum atomic E-state index is -5.37. The third-order valence-corrected chi connectivity index (χ3v) is 0.831. The van der Waals surface area contributed by atoms with E-state index in [0.717, 1.165) is 0 Å². The van der Waals surface area contributed by atoms with Crippen LogP contribution in [0.1, 0.15) is 0 Å². The number of hydrogen-bond acceptors (Lipinski definition) is 1. The predicted octanol–water partition coefficient (Wildman–Crippen LogP) is 2.65. The molecule has 0 aromatic heterocycles. The van der Waals surface area contributed by atoms with Gasteiger partial charge in [-0.2, -0.15) is 13.2 Å². The van der Waals surface area contributed by atoms with Gasteiger partial charge in [0, 0.05) is 0 Å². The lowest BCUT2D eigenvalue weighted by atomic mass is 10.7.